The van der Waals surface area contributed by atoms with Crippen molar-refractivity contribution in [1.82, 2.24) is 19.9 Å². The van der Waals surface area contributed by atoms with Crippen molar-refractivity contribution in [3.8, 4) is 5.13 Å². The Bertz CT molecular complexity index is 1320. The van der Waals surface area contributed by atoms with Crippen LogP contribution in [0.25, 0.3) is 26.3 Å². The van der Waals surface area contributed by atoms with Gasteiger partial charge < -0.3 is 14.9 Å². The summed E-state index contributed by atoms with van der Waals surface area (Å²) < 4.78 is 16.4. The van der Waals surface area contributed by atoms with Crippen molar-refractivity contribution >= 4 is 38.4 Å². The highest BCUT2D eigenvalue weighted by Crippen LogP contribution is 2.26. The highest BCUT2D eigenvalue weighted by Gasteiger charge is 2.11. The maximum atomic E-state index is 13.5. The summed E-state index contributed by atoms with van der Waals surface area (Å²) in [6.07, 6.45) is 6.38. The lowest BCUT2D eigenvalue weighted by Gasteiger charge is -2.05. The molecule has 0 aliphatic rings. The Morgan fingerprint density at radius 2 is 2.03 bits per heavy atom. The Balaban J connectivity index is 1.29. The minimum Gasteiger partial charge on any atom is -0.361 e. The van der Waals surface area contributed by atoms with Crippen molar-refractivity contribution in [2.45, 2.75) is 6.42 Å². The van der Waals surface area contributed by atoms with Crippen molar-refractivity contribution in [2.75, 3.05) is 6.54 Å². The minimum atomic E-state index is -0.264. The molecule has 0 aliphatic carbocycles. The Kier molecular flexibility index (Phi) is 4.37. The smallest absolute Gasteiger partial charge is 0.251 e. The van der Waals surface area contributed by atoms with E-state index in [1.54, 1.807) is 23.5 Å². The lowest BCUT2D eigenvalue weighted by atomic mass is 10.1. The zero-order valence-electron chi connectivity index (χ0n) is 15.4. The number of amides is 1. The quantitative estimate of drug-likeness (QED) is 0.447. The lowest BCUT2D eigenvalue weighted by Crippen LogP contribution is -2.25. The molecule has 0 bridgehead atoms. The van der Waals surface area contributed by atoms with Crippen LogP contribution in [0.1, 0.15) is 15.9 Å². The summed E-state index contributed by atoms with van der Waals surface area (Å²) in [5.41, 5.74) is 3.34. The Morgan fingerprint density at radius 3 is 2.90 bits per heavy atom. The number of fused-ring (bicyclic) bond motifs is 2. The predicted molar refractivity (Wildman–Crippen MR) is 113 cm³/mol. The summed E-state index contributed by atoms with van der Waals surface area (Å²) in [5, 5.41) is 4.67. The van der Waals surface area contributed by atoms with Crippen LogP contribution >= 0.6 is 11.3 Å². The number of carbonyl (C=O) groups is 1. The van der Waals surface area contributed by atoms with E-state index in [1.807, 2.05) is 47.4 Å². The molecule has 5 aromatic rings. The summed E-state index contributed by atoms with van der Waals surface area (Å²) in [6, 6.07) is 14.1. The largest absolute Gasteiger partial charge is 0.361 e. The van der Waals surface area contributed by atoms with Crippen LogP contribution in [-0.2, 0) is 6.42 Å². The van der Waals surface area contributed by atoms with Crippen molar-refractivity contribution in [3.05, 3.63) is 84.1 Å². The summed E-state index contributed by atoms with van der Waals surface area (Å²) in [6.45, 7) is 0.470. The molecule has 1 amide bonds. The number of thiazole rings is 1. The Hall–Kier alpha value is -3.45. The predicted octanol–water partition coefficient (Wildman–Crippen LogP) is 4.68. The first-order chi connectivity index (χ1) is 14.2. The fourth-order valence-corrected chi connectivity index (χ4v) is 4.37. The fraction of sp³-hybridized carbons (Fsp3) is 0.0909. The van der Waals surface area contributed by atoms with E-state index < -0.39 is 0 Å². The summed E-state index contributed by atoms with van der Waals surface area (Å²) in [5.74, 6) is -0.395. The van der Waals surface area contributed by atoms with E-state index in [-0.39, 0.29) is 11.7 Å². The normalized spacial score (nSPS) is 11.3. The van der Waals surface area contributed by atoms with Crippen molar-refractivity contribution in [1.29, 1.82) is 0 Å². The van der Waals surface area contributed by atoms with E-state index in [9.17, 15) is 9.18 Å². The van der Waals surface area contributed by atoms with Crippen LogP contribution in [0.4, 0.5) is 4.39 Å². The SMILES string of the molecule is O=C(NCCc1c[nH]c2ccc(F)cc12)c1ccc2nc(-n3cccc3)sc2c1. The number of carbonyl (C=O) groups excluding carboxylic acids is 1. The maximum absolute atomic E-state index is 13.5. The van der Waals surface area contributed by atoms with Crippen LogP contribution in [0.5, 0.6) is 0 Å². The molecular weight excluding hydrogens is 387 g/mol. The molecule has 0 spiro atoms. The van der Waals surface area contributed by atoms with Crippen LogP contribution in [0, 0.1) is 5.82 Å². The number of halogens is 1. The van der Waals surface area contributed by atoms with Gasteiger partial charge in [0.15, 0.2) is 5.13 Å². The van der Waals surface area contributed by atoms with Gasteiger partial charge in [0.1, 0.15) is 5.82 Å². The van der Waals surface area contributed by atoms with Crippen molar-refractivity contribution in [3.63, 3.8) is 0 Å². The number of hydrogen-bond acceptors (Lipinski definition) is 3. The first-order valence-corrected chi connectivity index (χ1v) is 10.1. The molecule has 0 atom stereocenters. The average molecular weight is 404 g/mol. The molecule has 0 radical (unpaired) electrons. The standard InChI is InChI=1S/C22H17FN4OS/c23-16-4-6-18-17(12-16)15(13-25-18)7-8-24-21(28)14-3-5-19-20(11-14)29-22(26-19)27-9-1-2-10-27/h1-6,9-13,25H,7-8H2,(H,24,28). The molecule has 3 aromatic heterocycles. The number of H-pyrrole nitrogens is 1. The number of hydrogen-bond donors (Lipinski definition) is 2. The van der Waals surface area contributed by atoms with E-state index in [1.165, 1.54) is 12.1 Å². The van der Waals surface area contributed by atoms with E-state index >= 15 is 0 Å². The molecule has 2 N–H and O–H groups in total. The van der Waals surface area contributed by atoms with Gasteiger partial charge in [-0.25, -0.2) is 9.37 Å². The number of nitrogens with zero attached hydrogens (tertiary/aromatic N) is 2. The third kappa shape index (κ3) is 3.40. The summed E-state index contributed by atoms with van der Waals surface area (Å²) in [4.78, 5) is 20.3. The van der Waals surface area contributed by atoms with Gasteiger partial charge in [-0.3, -0.25) is 4.79 Å². The zero-order chi connectivity index (χ0) is 19.8. The molecule has 5 nitrogen and oxygen atoms in total. The first kappa shape index (κ1) is 17.6. The van der Waals surface area contributed by atoms with Crippen LogP contribution < -0.4 is 5.32 Å². The summed E-state index contributed by atoms with van der Waals surface area (Å²) in [7, 11) is 0. The molecule has 29 heavy (non-hydrogen) atoms. The molecule has 0 saturated heterocycles. The number of aromatic amines is 1. The summed E-state index contributed by atoms with van der Waals surface area (Å²) >= 11 is 1.54. The molecule has 0 aliphatic heterocycles. The topological polar surface area (TPSA) is 62.7 Å². The Labute approximate surface area is 169 Å². The van der Waals surface area contributed by atoms with E-state index in [0.29, 0.717) is 18.5 Å². The molecule has 144 valence electrons. The van der Waals surface area contributed by atoms with Gasteiger partial charge in [0.25, 0.3) is 5.91 Å². The van der Waals surface area contributed by atoms with Crippen LogP contribution in [-0.4, -0.2) is 27.0 Å². The average Bonchev–Trinajstić information content (AvgIpc) is 3.46. The van der Waals surface area contributed by atoms with E-state index in [4.69, 9.17) is 0 Å². The van der Waals surface area contributed by atoms with Crippen molar-refractivity contribution in [2.24, 2.45) is 0 Å². The number of aromatic nitrogens is 3. The van der Waals surface area contributed by atoms with Gasteiger partial charge in [-0.1, -0.05) is 11.3 Å². The first-order valence-electron chi connectivity index (χ1n) is 9.25. The molecule has 3 heterocycles. The van der Waals surface area contributed by atoms with Gasteiger partial charge in [0, 0.05) is 41.6 Å². The van der Waals surface area contributed by atoms with Crippen LogP contribution in [0.2, 0.25) is 0 Å². The molecule has 0 unspecified atom stereocenters. The van der Waals surface area contributed by atoms with Gasteiger partial charge in [0.05, 0.1) is 10.2 Å². The second kappa shape index (κ2) is 7.18. The van der Waals surface area contributed by atoms with Gasteiger partial charge >= 0.3 is 0 Å². The second-order valence-corrected chi connectivity index (χ2v) is 7.79. The zero-order valence-corrected chi connectivity index (χ0v) is 16.2. The maximum Gasteiger partial charge on any atom is 0.251 e. The molecule has 2 aromatic carbocycles. The Morgan fingerprint density at radius 1 is 1.17 bits per heavy atom. The highest BCUT2D eigenvalue weighted by molar-refractivity contribution is 7.20. The minimum absolute atomic E-state index is 0.131. The fourth-order valence-electron chi connectivity index (χ4n) is 3.40. The molecule has 7 heteroatoms. The monoisotopic (exact) mass is 404 g/mol. The van der Waals surface area contributed by atoms with Gasteiger partial charge in [-0.2, -0.15) is 0 Å². The van der Waals surface area contributed by atoms with Crippen LogP contribution in [0.3, 0.4) is 0 Å². The highest BCUT2D eigenvalue weighted by atomic mass is 32.1. The van der Waals surface area contributed by atoms with Crippen molar-refractivity contribution < 1.29 is 9.18 Å². The number of benzene rings is 2. The van der Waals surface area contributed by atoms with Crippen LogP contribution in [0.15, 0.2) is 67.1 Å². The third-order valence-corrected chi connectivity index (χ3v) is 5.91. The number of nitrogens with one attached hydrogen (secondary N) is 2. The molecular formula is C22H17FN4OS. The second-order valence-electron chi connectivity index (χ2n) is 6.78. The number of rotatable bonds is 5. The molecule has 0 fully saturated rings. The lowest BCUT2D eigenvalue weighted by molar-refractivity contribution is 0.0954. The van der Waals surface area contributed by atoms with Gasteiger partial charge in [-0.05, 0) is 60.5 Å². The van der Waals surface area contributed by atoms with Gasteiger partial charge in [0.2, 0.25) is 0 Å². The molecule has 0 saturated carbocycles. The third-order valence-electron chi connectivity index (χ3n) is 4.87. The van der Waals surface area contributed by atoms with E-state index in [2.05, 4.69) is 15.3 Å². The van der Waals surface area contributed by atoms with Gasteiger partial charge in [-0.15, -0.1) is 0 Å². The molecule has 5 rings (SSSR count). The van der Waals surface area contributed by atoms with E-state index in [0.717, 1.165) is 31.8 Å².